The summed E-state index contributed by atoms with van der Waals surface area (Å²) in [5.74, 6) is 0. The van der Waals surface area contributed by atoms with E-state index in [-0.39, 0.29) is 0 Å². The fourth-order valence-electron chi connectivity index (χ4n) is 0.943. The molecule has 0 spiro atoms. The summed E-state index contributed by atoms with van der Waals surface area (Å²) in [5.41, 5.74) is 0. The molecule has 1 N–H and O–H groups in total. The molecule has 0 rings (SSSR count). The van der Waals surface area contributed by atoms with Crippen LogP contribution in [-0.4, -0.2) is 26.3 Å². The van der Waals surface area contributed by atoms with Gasteiger partial charge in [0, 0.05) is 19.3 Å². The molecule has 0 amide bonds. The fourth-order valence-corrected chi connectivity index (χ4v) is 0.943. The molecular weight excluding hydrogens is 138 g/mol. The smallest absolute Gasteiger partial charge is 0.0465 e. The highest BCUT2D eigenvalue weighted by Crippen LogP contribution is 1.99. The van der Waals surface area contributed by atoms with Crippen molar-refractivity contribution in [1.29, 1.82) is 0 Å². The molecule has 11 heavy (non-hydrogen) atoms. The maximum Gasteiger partial charge on any atom is 0.0465 e. The van der Waals surface area contributed by atoms with Crippen LogP contribution in [-0.2, 0) is 4.74 Å². The average molecular weight is 159 g/mol. The molecule has 0 aromatic rings. The van der Waals surface area contributed by atoms with Gasteiger partial charge in [0.15, 0.2) is 0 Å². The molecule has 0 aromatic heterocycles. The van der Waals surface area contributed by atoms with Crippen molar-refractivity contribution in [2.45, 2.75) is 39.2 Å². The first-order chi connectivity index (χ1) is 5.31. The van der Waals surface area contributed by atoms with Crippen LogP contribution in [0, 0.1) is 0 Å². The molecule has 2 heteroatoms. The quantitative estimate of drug-likeness (QED) is 0.572. The third-order valence-electron chi connectivity index (χ3n) is 1.87. The lowest BCUT2D eigenvalue weighted by Gasteiger charge is -2.08. The number of hydrogen-bond donors (Lipinski definition) is 1. The number of hydrogen-bond acceptors (Lipinski definition) is 2. The highest BCUT2D eigenvalue weighted by atomic mass is 16.5. The lowest BCUT2D eigenvalue weighted by Crippen LogP contribution is -2.20. The van der Waals surface area contributed by atoms with Crippen molar-refractivity contribution < 1.29 is 4.74 Å². The zero-order valence-electron chi connectivity index (χ0n) is 8.02. The second kappa shape index (κ2) is 8.02. The van der Waals surface area contributed by atoms with Gasteiger partial charge in [-0.1, -0.05) is 0 Å². The Morgan fingerprint density at radius 2 is 2.09 bits per heavy atom. The van der Waals surface area contributed by atoms with Crippen LogP contribution in [0.1, 0.15) is 33.1 Å². The van der Waals surface area contributed by atoms with Crippen molar-refractivity contribution in [2.75, 3.05) is 20.3 Å². The molecule has 0 saturated carbocycles. The van der Waals surface area contributed by atoms with E-state index in [1.54, 1.807) is 0 Å². The van der Waals surface area contributed by atoms with Crippen molar-refractivity contribution in [2.24, 2.45) is 0 Å². The Kier molecular flexibility index (Phi) is 7.96. The summed E-state index contributed by atoms with van der Waals surface area (Å²) in [6.45, 7) is 6.02. The summed E-state index contributed by atoms with van der Waals surface area (Å²) in [6.07, 6.45) is 3.71. The molecule has 2 nitrogen and oxygen atoms in total. The highest BCUT2D eigenvalue weighted by molar-refractivity contribution is 4.55. The molecule has 0 aliphatic heterocycles. The highest BCUT2D eigenvalue weighted by Gasteiger charge is 1.96. The molecule has 0 aliphatic rings. The second-order valence-electron chi connectivity index (χ2n) is 2.88. The molecule has 1 unspecified atom stereocenters. The van der Waals surface area contributed by atoms with E-state index in [9.17, 15) is 0 Å². The van der Waals surface area contributed by atoms with Crippen molar-refractivity contribution in [3.05, 3.63) is 0 Å². The van der Waals surface area contributed by atoms with Gasteiger partial charge in [-0.05, 0) is 40.2 Å². The van der Waals surface area contributed by atoms with Gasteiger partial charge in [0.2, 0.25) is 0 Å². The van der Waals surface area contributed by atoms with Gasteiger partial charge in [0.1, 0.15) is 0 Å². The van der Waals surface area contributed by atoms with E-state index in [2.05, 4.69) is 12.2 Å². The predicted octanol–water partition coefficient (Wildman–Crippen LogP) is 1.80. The normalized spacial score (nSPS) is 13.4. The number of rotatable bonds is 7. The van der Waals surface area contributed by atoms with Crippen molar-refractivity contribution >= 4 is 0 Å². The Bertz CT molecular complexity index is 76.0. The molecule has 0 aromatic carbocycles. The van der Waals surface area contributed by atoms with Gasteiger partial charge in [-0.3, -0.25) is 0 Å². The Morgan fingerprint density at radius 3 is 2.64 bits per heavy atom. The largest absolute Gasteiger partial charge is 0.382 e. The summed E-state index contributed by atoms with van der Waals surface area (Å²) < 4.78 is 5.23. The fraction of sp³-hybridized carbons (Fsp3) is 1.00. The van der Waals surface area contributed by atoms with Crippen LogP contribution >= 0.6 is 0 Å². The van der Waals surface area contributed by atoms with E-state index >= 15 is 0 Å². The summed E-state index contributed by atoms with van der Waals surface area (Å²) in [5, 5.41) is 3.22. The molecule has 0 fully saturated rings. The SMILES string of the molecule is CCOCCCCC(C)NC. The Hall–Kier alpha value is -0.0800. The van der Waals surface area contributed by atoms with Crippen molar-refractivity contribution in [1.82, 2.24) is 5.32 Å². The minimum atomic E-state index is 0.650. The predicted molar refractivity (Wildman–Crippen MR) is 48.9 cm³/mol. The van der Waals surface area contributed by atoms with E-state index in [0.29, 0.717) is 6.04 Å². The van der Waals surface area contributed by atoms with E-state index in [1.807, 2.05) is 14.0 Å². The lowest BCUT2D eigenvalue weighted by atomic mass is 10.1. The standard InChI is InChI=1S/C9H21NO/c1-4-11-8-6-5-7-9(2)10-3/h9-10H,4-8H2,1-3H3. The molecule has 0 heterocycles. The Morgan fingerprint density at radius 1 is 1.36 bits per heavy atom. The van der Waals surface area contributed by atoms with E-state index in [1.165, 1.54) is 19.3 Å². The van der Waals surface area contributed by atoms with E-state index in [0.717, 1.165) is 13.2 Å². The number of nitrogens with one attached hydrogen (secondary N) is 1. The van der Waals surface area contributed by atoms with Crippen LogP contribution < -0.4 is 5.32 Å². The van der Waals surface area contributed by atoms with Crippen LogP contribution in [0.25, 0.3) is 0 Å². The topological polar surface area (TPSA) is 21.3 Å². The first kappa shape index (κ1) is 10.9. The number of unbranched alkanes of at least 4 members (excludes halogenated alkanes) is 1. The minimum absolute atomic E-state index is 0.650. The van der Waals surface area contributed by atoms with Crippen LogP contribution in [0.4, 0.5) is 0 Å². The third kappa shape index (κ3) is 7.82. The zero-order chi connectivity index (χ0) is 8.53. The monoisotopic (exact) mass is 159 g/mol. The van der Waals surface area contributed by atoms with Gasteiger partial charge >= 0.3 is 0 Å². The molecular formula is C9H21NO. The van der Waals surface area contributed by atoms with E-state index in [4.69, 9.17) is 4.74 Å². The molecule has 0 aliphatic carbocycles. The maximum atomic E-state index is 5.23. The minimum Gasteiger partial charge on any atom is -0.382 e. The van der Waals surface area contributed by atoms with Gasteiger partial charge in [0.05, 0.1) is 0 Å². The van der Waals surface area contributed by atoms with Gasteiger partial charge < -0.3 is 10.1 Å². The first-order valence-electron chi connectivity index (χ1n) is 4.56. The summed E-state index contributed by atoms with van der Waals surface area (Å²) in [7, 11) is 2.01. The Balaban J connectivity index is 2.89. The van der Waals surface area contributed by atoms with Crippen LogP contribution in [0.2, 0.25) is 0 Å². The average Bonchev–Trinajstić information content (AvgIpc) is 2.04. The van der Waals surface area contributed by atoms with Gasteiger partial charge in [-0.2, -0.15) is 0 Å². The van der Waals surface area contributed by atoms with Crippen LogP contribution in [0.15, 0.2) is 0 Å². The van der Waals surface area contributed by atoms with Crippen molar-refractivity contribution in [3.63, 3.8) is 0 Å². The molecule has 0 radical (unpaired) electrons. The third-order valence-corrected chi connectivity index (χ3v) is 1.87. The van der Waals surface area contributed by atoms with Crippen LogP contribution in [0.3, 0.4) is 0 Å². The molecule has 0 bridgehead atoms. The lowest BCUT2D eigenvalue weighted by molar-refractivity contribution is 0.142. The Labute approximate surface area is 70.3 Å². The molecule has 68 valence electrons. The first-order valence-corrected chi connectivity index (χ1v) is 4.56. The van der Waals surface area contributed by atoms with E-state index < -0.39 is 0 Å². The zero-order valence-corrected chi connectivity index (χ0v) is 8.02. The molecule has 1 atom stereocenters. The van der Waals surface area contributed by atoms with Gasteiger partial charge in [0.25, 0.3) is 0 Å². The van der Waals surface area contributed by atoms with Gasteiger partial charge in [-0.25, -0.2) is 0 Å². The van der Waals surface area contributed by atoms with Crippen molar-refractivity contribution in [3.8, 4) is 0 Å². The summed E-state index contributed by atoms with van der Waals surface area (Å²) in [4.78, 5) is 0. The number of ether oxygens (including phenoxy) is 1. The second-order valence-corrected chi connectivity index (χ2v) is 2.88. The van der Waals surface area contributed by atoms with Gasteiger partial charge in [-0.15, -0.1) is 0 Å². The molecule has 0 saturated heterocycles. The maximum absolute atomic E-state index is 5.23. The van der Waals surface area contributed by atoms with Crippen LogP contribution in [0.5, 0.6) is 0 Å². The summed E-state index contributed by atoms with van der Waals surface area (Å²) >= 11 is 0. The summed E-state index contributed by atoms with van der Waals surface area (Å²) in [6, 6.07) is 0.650.